The minimum absolute atomic E-state index is 0.767. The Morgan fingerprint density at radius 3 is 2.78 bits per heavy atom. The summed E-state index contributed by atoms with van der Waals surface area (Å²) in [4.78, 5) is 18.9. The van der Waals surface area contributed by atoms with Gasteiger partial charge in [0.1, 0.15) is 22.3 Å². The van der Waals surface area contributed by atoms with Crippen molar-refractivity contribution in [2.45, 2.75) is 26.8 Å². The minimum Gasteiger partial charge on any atom is -0.379 e. The molecule has 0 aliphatic carbocycles. The normalized spacial score (nSPS) is 15.5. The van der Waals surface area contributed by atoms with Crippen LogP contribution in [-0.2, 0) is 24.8 Å². The summed E-state index contributed by atoms with van der Waals surface area (Å²) in [5.41, 5.74) is 1.27. The Kier molecular flexibility index (Phi) is 5.38. The van der Waals surface area contributed by atoms with E-state index in [2.05, 4.69) is 33.6 Å². The van der Waals surface area contributed by atoms with Crippen molar-refractivity contribution < 1.29 is 4.74 Å². The first-order valence-corrected chi connectivity index (χ1v) is 10.2. The SMILES string of the molecule is Cc1sc2nc(CN3CCOCC3)nc(NCCc3nccn3C)c2c1C. The molecule has 7 nitrogen and oxygen atoms in total. The number of aryl methyl sites for hydroxylation is 3. The summed E-state index contributed by atoms with van der Waals surface area (Å²) in [5, 5.41) is 4.70. The lowest BCUT2D eigenvalue weighted by molar-refractivity contribution is 0.0331. The maximum Gasteiger partial charge on any atom is 0.146 e. The van der Waals surface area contributed by atoms with Gasteiger partial charge >= 0.3 is 0 Å². The monoisotopic (exact) mass is 386 g/mol. The molecule has 1 fully saturated rings. The summed E-state index contributed by atoms with van der Waals surface area (Å²) < 4.78 is 7.50. The molecule has 0 unspecified atom stereocenters. The number of hydrogen-bond donors (Lipinski definition) is 1. The Morgan fingerprint density at radius 2 is 2.04 bits per heavy atom. The van der Waals surface area contributed by atoms with E-state index in [0.717, 1.165) is 73.5 Å². The van der Waals surface area contributed by atoms with Crippen LogP contribution in [0.5, 0.6) is 0 Å². The van der Waals surface area contributed by atoms with Crippen LogP contribution in [0.3, 0.4) is 0 Å². The van der Waals surface area contributed by atoms with Gasteiger partial charge in [0.25, 0.3) is 0 Å². The van der Waals surface area contributed by atoms with Gasteiger partial charge in [0, 0.05) is 50.4 Å². The summed E-state index contributed by atoms with van der Waals surface area (Å²) in [6, 6.07) is 0. The Labute approximate surface area is 163 Å². The van der Waals surface area contributed by atoms with E-state index < -0.39 is 0 Å². The molecule has 0 spiro atoms. The molecule has 0 bridgehead atoms. The zero-order valence-electron chi connectivity index (χ0n) is 16.2. The summed E-state index contributed by atoms with van der Waals surface area (Å²) in [6.07, 6.45) is 4.67. The van der Waals surface area contributed by atoms with E-state index in [-0.39, 0.29) is 0 Å². The van der Waals surface area contributed by atoms with E-state index in [0.29, 0.717) is 0 Å². The second-order valence-electron chi connectivity index (χ2n) is 6.97. The lowest BCUT2D eigenvalue weighted by Gasteiger charge is -2.25. The molecule has 1 aliphatic rings. The number of hydrogen-bond acceptors (Lipinski definition) is 7. The van der Waals surface area contributed by atoms with Gasteiger partial charge in [-0.3, -0.25) is 4.90 Å². The predicted octanol–water partition coefficient (Wildman–Crippen LogP) is 2.53. The van der Waals surface area contributed by atoms with E-state index in [4.69, 9.17) is 14.7 Å². The van der Waals surface area contributed by atoms with Gasteiger partial charge in [0.15, 0.2) is 0 Å². The zero-order valence-corrected chi connectivity index (χ0v) is 17.0. The largest absolute Gasteiger partial charge is 0.379 e. The van der Waals surface area contributed by atoms with Gasteiger partial charge in [0.05, 0.1) is 25.1 Å². The number of anilines is 1. The summed E-state index contributed by atoms with van der Waals surface area (Å²) in [5.74, 6) is 2.89. The molecule has 1 N–H and O–H groups in total. The van der Waals surface area contributed by atoms with E-state index in [1.807, 2.05) is 19.4 Å². The fourth-order valence-corrected chi connectivity index (χ4v) is 4.43. The number of aromatic nitrogens is 4. The van der Waals surface area contributed by atoms with Crippen molar-refractivity contribution in [1.29, 1.82) is 0 Å². The van der Waals surface area contributed by atoms with Crippen LogP contribution >= 0.6 is 11.3 Å². The molecular formula is C19H26N6OS. The number of thiophene rings is 1. The van der Waals surface area contributed by atoms with Crippen molar-refractivity contribution in [3.63, 3.8) is 0 Å². The second-order valence-corrected chi connectivity index (χ2v) is 8.17. The molecule has 0 aromatic carbocycles. The van der Waals surface area contributed by atoms with Crippen molar-refractivity contribution in [1.82, 2.24) is 24.4 Å². The van der Waals surface area contributed by atoms with Crippen LogP contribution in [0.1, 0.15) is 22.1 Å². The van der Waals surface area contributed by atoms with E-state index in [9.17, 15) is 0 Å². The molecule has 27 heavy (non-hydrogen) atoms. The second kappa shape index (κ2) is 7.92. The molecule has 144 valence electrons. The predicted molar refractivity (Wildman–Crippen MR) is 108 cm³/mol. The molecule has 4 rings (SSSR count). The number of rotatable bonds is 6. The van der Waals surface area contributed by atoms with Gasteiger partial charge in [-0.25, -0.2) is 15.0 Å². The number of nitrogens with zero attached hydrogens (tertiary/aromatic N) is 5. The number of morpholine rings is 1. The van der Waals surface area contributed by atoms with Crippen LogP contribution in [0.15, 0.2) is 12.4 Å². The van der Waals surface area contributed by atoms with Crippen molar-refractivity contribution in [2.24, 2.45) is 7.05 Å². The van der Waals surface area contributed by atoms with Crippen molar-refractivity contribution >= 4 is 27.4 Å². The lowest BCUT2D eigenvalue weighted by Crippen LogP contribution is -2.36. The first-order valence-electron chi connectivity index (χ1n) is 9.38. The van der Waals surface area contributed by atoms with E-state index in [1.54, 1.807) is 11.3 Å². The standard InChI is InChI=1S/C19H26N6OS/c1-13-14(2)27-19-17(13)18(21-5-4-16-20-6-7-24(16)3)22-15(23-19)12-25-8-10-26-11-9-25/h6-7H,4-5,8-12H2,1-3H3,(H,21,22,23). The first kappa shape index (κ1) is 18.3. The molecule has 1 aliphatic heterocycles. The topological polar surface area (TPSA) is 68.1 Å². The van der Waals surface area contributed by atoms with Crippen molar-refractivity contribution in [3.05, 3.63) is 34.5 Å². The van der Waals surface area contributed by atoms with Crippen LogP contribution in [0, 0.1) is 13.8 Å². The average Bonchev–Trinajstić information content (AvgIpc) is 3.19. The lowest BCUT2D eigenvalue weighted by atomic mass is 10.2. The van der Waals surface area contributed by atoms with E-state index >= 15 is 0 Å². The minimum atomic E-state index is 0.767. The highest BCUT2D eigenvalue weighted by molar-refractivity contribution is 7.18. The molecule has 3 aromatic heterocycles. The van der Waals surface area contributed by atoms with Crippen LogP contribution in [0.2, 0.25) is 0 Å². The average molecular weight is 387 g/mol. The molecular weight excluding hydrogens is 360 g/mol. The van der Waals surface area contributed by atoms with Gasteiger partial charge in [0.2, 0.25) is 0 Å². The zero-order chi connectivity index (χ0) is 18.8. The van der Waals surface area contributed by atoms with Gasteiger partial charge in [-0.05, 0) is 19.4 Å². The molecule has 0 amide bonds. The molecule has 8 heteroatoms. The highest BCUT2D eigenvalue weighted by Gasteiger charge is 2.17. The number of imidazole rings is 1. The summed E-state index contributed by atoms with van der Waals surface area (Å²) in [6.45, 7) is 9.32. The number of fused-ring (bicyclic) bond motifs is 1. The molecule has 0 atom stereocenters. The highest BCUT2D eigenvalue weighted by Crippen LogP contribution is 2.33. The van der Waals surface area contributed by atoms with Crippen molar-refractivity contribution in [3.8, 4) is 0 Å². The third-order valence-electron chi connectivity index (χ3n) is 5.11. The van der Waals surface area contributed by atoms with Gasteiger partial charge in [-0.2, -0.15) is 0 Å². The molecule has 0 saturated carbocycles. The Balaban J connectivity index is 1.57. The maximum absolute atomic E-state index is 5.45. The molecule has 4 heterocycles. The van der Waals surface area contributed by atoms with Crippen LogP contribution in [-0.4, -0.2) is 57.3 Å². The molecule has 0 radical (unpaired) electrons. The highest BCUT2D eigenvalue weighted by atomic mass is 32.1. The quantitative estimate of drug-likeness (QED) is 0.702. The third kappa shape index (κ3) is 3.97. The van der Waals surface area contributed by atoms with Crippen LogP contribution in [0.25, 0.3) is 10.2 Å². The Hall–Kier alpha value is -2.03. The van der Waals surface area contributed by atoms with Gasteiger partial charge in [-0.15, -0.1) is 11.3 Å². The Bertz CT molecular complexity index is 928. The summed E-state index contributed by atoms with van der Waals surface area (Å²) in [7, 11) is 2.03. The first-order chi connectivity index (χ1) is 13.1. The van der Waals surface area contributed by atoms with E-state index in [1.165, 1.54) is 10.4 Å². The molecule has 3 aromatic rings. The summed E-state index contributed by atoms with van der Waals surface area (Å²) >= 11 is 1.75. The van der Waals surface area contributed by atoms with Crippen LogP contribution in [0.4, 0.5) is 5.82 Å². The smallest absolute Gasteiger partial charge is 0.146 e. The van der Waals surface area contributed by atoms with Gasteiger partial charge in [-0.1, -0.05) is 0 Å². The maximum atomic E-state index is 5.45. The Morgan fingerprint density at radius 1 is 1.22 bits per heavy atom. The third-order valence-corrected chi connectivity index (χ3v) is 6.21. The molecule has 1 saturated heterocycles. The fourth-order valence-electron chi connectivity index (χ4n) is 3.38. The fraction of sp³-hybridized carbons (Fsp3) is 0.526. The number of nitrogens with one attached hydrogen (secondary N) is 1. The van der Waals surface area contributed by atoms with Crippen molar-refractivity contribution in [2.75, 3.05) is 38.2 Å². The van der Waals surface area contributed by atoms with Crippen LogP contribution < -0.4 is 5.32 Å². The number of ether oxygens (including phenoxy) is 1. The van der Waals surface area contributed by atoms with Gasteiger partial charge < -0.3 is 14.6 Å².